The van der Waals surface area contributed by atoms with E-state index in [0.29, 0.717) is 27.7 Å². The summed E-state index contributed by atoms with van der Waals surface area (Å²) >= 11 is 5.95. The van der Waals surface area contributed by atoms with Gasteiger partial charge in [0.05, 0.1) is 31.3 Å². The number of carbonyl (C=O) groups excluding carboxylic acids is 1. The number of hydrogen-bond donors (Lipinski definition) is 1. The molecule has 0 aliphatic heterocycles. The van der Waals surface area contributed by atoms with E-state index in [-0.39, 0.29) is 12.5 Å². The van der Waals surface area contributed by atoms with E-state index >= 15 is 0 Å². The number of ether oxygens (including phenoxy) is 1. The van der Waals surface area contributed by atoms with Crippen LogP contribution in [0.1, 0.15) is 10.4 Å². The Morgan fingerprint density at radius 1 is 1.27 bits per heavy atom. The lowest BCUT2D eigenvalue weighted by atomic mass is 10.2. The molecule has 0 aliphatic carbocycles. The molecule has 0 heterocycles. The second-order valence-electron chi connectivity index (χ2n) is 5.43. The van der Waals surface area contributed by atoms with Crippen LogP contribution in [0.15, 0.2) is 55.1 Å². The van der Waals surface area contributed by atoms with Gasteiger partial charge < -0.3 is 10.1 Å². The number of amides is 1. The van der Waals surface area contributed by atoms with Gasteiger partial charge in [0.15, 0.2) is 0 Å². The monoisotopic (exact) mass is 394 g/mol. The molecule has 2 rings (SSSR count). The number of anilines is 2. The number of methoxy groups -OCH3 is 1. The Morgan fingerprint density at radius 2 is 1.92 bits per heavy atom. The maximum absolute atomic E-state index is 12.4. The number of rotatable bonds is 7. The van der Waals surface area contributed by atoms with Crippen LogP contribution in [0.4, 0.5) is 11.4 Å². The summed E-state index contributed by atoms with van der Waals surface area (Å²) in [6.45, 7) is 3.71. The van der Waals surface area contributed by atoms with Crippen LogP contribution < -0.4 is 14.4 Å². The third-order valence-corrected chi connectivity index (χ3v) is 4.92. The quantitative estimate of drug-likeness (QED) is 0.728. The zero-order valence-corrected chi connectivity index (χ0v) is 16.0. The first kappa shape index (κ1) is 19.8. The van der Waals surface area contributed by atoms with E-state index in [9.17, 15) is 13.2 Å². The summed E-state index contributed by atoms with van der Waals surface area (Å²) < 4.78 is 30.1. The number of benzene rings is 2. The van der Waals surface area contributed by atoms with Crippen LogP contribution in [0.2, 0.25) is 5.02 Å². The molecular formula is C18H19ClN2O4S. The van der Waals surface area contributed by atoms with Gasteiger partial charge in [-0.3, -0.25) is 9.10 Å². The highest BCUT2D eigenvalue weighted by atomic mass is 35.5. The van der Waals surface area contributed by atoms with Crippen LogP contribution in [-0.2, 0) is 10.0 Å². The standard InChI is InChI=1S/C18H19ClN2O4S/c1-4-11-21(26(3,23)24)15-8-5-13(6-9-15)18(22)20-16-12-14(19)7-10-17(16)25-2/h4-10,12H,1,11H2,2-3H3,(H,20,22). The highest BCUT2D eigenvalue weighted by Gasteiger charge is 2.17. The molecular weight excluding hydrogens is 376 g/mol. The highest BCUT2D eigenvalue weighted by molar-refractivity contribution is 7.92. The highest BCUT2D eigenvalue weighted by Crippen LogP contribution is 2.28. The Balaban J connectivity index is 2.24. The van der Waals surface area contributed by atoms with Gasteiger partial charge in [-0.25, -0.2) is 8.42 Å². The lowest BCUT2D eigenvalue weighted by molar-refractivity contribution is 0.102. The predicted molar refractivity (Wildman–Crippen MR) is 105 cm³/mol. The largest absolute Gasteiger partial charge is 0.495 e. The molecule has 0 spiro atoms. The van der Waals surface area contributed by atoms with E-state index in [1.54, 1.807) is 42.5 Å². The van der Waals surface area contributed by atoms with Crippen molar-refractivity contribution in [2.75, 3.05) is 29.5 Å². The molecule has 0 atom stereocenters. The number of sulfonamides is 1. The molecule has 1 N–H and O–H groups in total. The van der Waals surface area contributed by atoms with Crippen LogP contribution in [0.3, 0.4) is 0 Å². The normalized spacial score (nSPS) is 10.9. The van der Waals surface area contributed by atoms with Crippen molar-refractivity contribution in [3.05, 3.63) is 65.7 Å². The molecule has 0 unspecified atom stereocenters. The second kappa shape index (κ2) is 8.25. The number of halogens is 1. The average Bonchev–Trinajstić information content (AvgIpc) is 2.59. The van der Waals surface area contributed by atoms with Gasteiger partial charge in [0.1, 0.15) is 5.75 Å². The molecule has 26 heavy (non-hydrogen) atoms. The van der Waals surface area contributed by atoms with Crippen molar-refractivity contribution in [2.24, 2.45) is 0 Å². The minimum Gasteiger partial charge on any atom is -0.495 e. The Kier molecular flexibility index (Phi) is 6.28. The van der Waals surface area contributed by atoms with E-state index in [2.05, 4.69) is 11.9 Å². The summed E-state index contributed by atoms with van der Waals surface area (Å²) in [4.78, 5) is 12.4. The molecule has 2 aromatic carbocycles. The van der Waals surface area contributed by atoms with Gasteiger partial charge in [0.25, 0.3) is 5.91 Å². The molecule has 0 bridgehead atoms. The number of carbonyl (C=O) groups is 1. The summed E-state index contributed by atoms with van der Waals surface area (Å²) in [5.41, 5.74) is 1.26. The van der Waals surface area contributed by atoms with Gasteiger partial charge in [-0.05, 0) is 42.5 Å². The third-order valence-electron chi connectivity index (χ3n) is 3.52. The summed E-state index contributed by atoms with van der Waals surface area (Å²) in [6, 6.07) is 11.1. The first-order valence-electron chi connectivity index (χ1n) is 7.60. The lowest BCUT2D eigenvalue weighted by Gasteiger charge is -2.20. The molecule has 0 aromatic heterocycles. The fourth-order valence-electron chi connectivity index (χ4n) is 2.30. The molecule has 0 saturated carbocycles. The van der Waals surface area contributed by atoms with Gasteiger partial charge in [0.2, 0.25) is 10.0 Å². The first-order valence-corrected chi connectivity index (χ1v) is 9.82. The maximum Gasteiger partial charge on any atom is 0.255 e. The SMILES string of the molecule is C=CCN(c1ccc(C(=O)Nc2cc(Cl)ccc2OC)cc1)S(C)(=O)=O. The summed E-state index contributed by atoms with van der Waals surface area (Å²) in [6.07, 6.45) is 2.61. The van der Waals surface area contributed by atoms with Crippen LogP contribution in [-0.4, -0.2) is 34.2 Å². The van der Waals surface area contributed by atoms with Gasteiger partial charge in [-0.1, -0.05) is 17.7 Å². The van der Waals surface area contributed by atoms with Crippen molar-refractivity contribution in [3.63, 3.8) is 0 Å². The summed E-state index contributed by atoms with van der Waals surface area (Å²) in [7, 11) is -1.95. The van der Waals surface area contributed by atoms with Crippen molar-refractivity contribution >= 4 is 38.9 Å². The van der Waals surface area contributed by atoms with Crippen molar-refractivity contribution in [2.45, 2.75) is 0 Å². The molecule has 8 heteroatoms. The summed E-state index contributed by atoms with van der Waals surface area (Å²) in [5.74, 6) is 0.111. The van der Waals surface area contributed by atoms with Gasteiger partial charge in [0, 0.05) is 10.6 Å². The van der Waals surface area contributed by atoms with Gasteiger partial charge in [-0.15, -0.1) is 6.58 Å². The number of hydrogen-bond acceptors (Lipinski definition) is 4. The van der Waals surface area contributed by atoms with Gasteiger partial charge >= 0.3 is 0 Å². The van der Waals surface area contributed by atoms with Crippen molar-refractivity contribution in [1.29, 1.82) is 0 Å². The fraction of sp³-hybridized carbons (Fsp3) is 0.167. The molecule has 0 aliphatic rings. The van der Waals surface area contributed by atoms with E-state index in [4.69, 9.17) is 16.3 Å². The Labute approximate surface area is 158 Å². The average molecular weight is 395 g/mol. The maximum atomic E-state index is 12.4. The Bertz CT molecular complexity index is 911. The summed E-state index contributed by atoms with van der Waals surface area (Å²) in [5, 5.41) is 3.19. The number of nitrogens with one attached hydrogen (secondary N) is 1. The number of nitrogens with zero attached hydrogens (tertiary/aromatic N) is 1. The predicted octanol–water partition coefficient (Wildman–Crippen LogP) is 3.55. The van der Waals surface area contributed by atoms with E-state index in [0.717, 1.165) is 6.26 Å². The molecule has 0 saturated heterocycles. The molecule has 1 amide bonds. The van der Waals surface area contributed by atoms with Crippen LogP contribution in [0.5, 0.6) is 5.75 Å². The molecule has 6 nitrogen and oxygen atoms in total. The Hall–Kier alpha value is -2.51. The zero-order valence-electron chi connectivity index (χ0n) is 14.4. The van der Waals surface area contributed by atoms with Crippen LogP contribution in [0, 0.1) is 0 Å². The minimum absolute atomic E-state index is 0.143. The first-order chi connectivity index (χ1) is 12.3. The van der Waals surface area contributed by atoms with Crippen molar-refractivity contribution < 1.29 is 17.9 Å². The van der Waals surface area contributed by atoms with Gasteiger partial charge in [-0.2, -0.15) is 0 Å². The molecule has 0 radical (unpaired) electrons. The van der Waals surface area contributed by atoms with Crippen molar-refractivity contribution in [1.82, 2.24) is 0 Å². The third kappa shape index (κ3) is 4.77. The lowest BCUT2D eigenvalue weighted by Crippen LogP contribution is -2.29. The topological polar surface area (TPSA) is 75.7 Å². The van der Waals surface area contributed by atoms with E-state index in [1.807, 2.05) is 0 Å². The van der Waals surface area contributed by atoms with Crippen LogP contribution >= 0.6 is 11.6 Å². The van der Waals surface area contributed by atoms with Crippen molar-refractivity contribution in [3.8, 4) is 5.75 Å². The second-order valence-corrected chi connectivity index (χ2v) is 7.77. The van der Waals surface area contributed by atoms with E-state index in [1.165, 1.54) is 17.5 Å². The molecule has 138 valence electrons. The zero-order chi connectivity index (χ0) is 19.3. The van der Waals surface area contributed by atoms with Crippen LogP contribution in [0.25, 0.3) is 0 Å². The minimum atomic E-state index is -3.45. The molecule has 2 aromatic rings. The fourth-order valence-corrected chi connectivity index (χ4v) is 3.35. The van der Waals surface area contributed by atoms with E-state index < -0.39 is 10.0 Å². The molecule has 0 fully saturated rings. The Morgan fingerprint density at radius 3 is 2.46 bits per heavy atom. The smallest absolute Gasteiger partial charge is 0.255 e.